The molecule has 1 aromatic rings. The van der Waals surface area contributed by atoms with Gasteiger partial charge in [0, 0.05) is 25.7 Å². The molecule has 0 amide bonds. The van der Waals surface area contributed by atoms with Crippen molar-refractivity contribution in [1.29, 1.82) is 0 Å². The zero-order chi connectivity index (χ0) is 14.8. The Morgan fingerprint density at radius 3 is 2.62 bits per heavy atom. The van der Waals surface area contributed by atoms with Gasteiger partial charge in [0.25, 0.3) is 0 Å². The van der Waals surface area contributed by atoms with E-state index in [2.05, 4.69) is 53.6 Å². The molecule has 1 aliphatic heterocycles. The summed E-state index contributed by atoms with van der Waals surface area (Å²) in [6.45, 7) is 3.30. The molecule has 3 N–H and O–H groups in total. The SMILES string of the molecule is CN1CCN(C)C(C(NN)c2ccccc2C2CCC2)C1. The van der Waals surface area contributed by atoms with Gasteiger partial charge in [0.2, 0.25) is 0 Å². The van der Waals surface area contributed by atoms with Crippen molar-refractivity contribution >= 4 is 0 Å². The number of rotatable bonds is 4. The first-order valence-corrected chi connectivity index (χ1v) is 8.14. The maximum Gasteiger partial charge on any atom is 0.0630 e. The van der Waals surface area contributed by atoms with E-state index in [0.29, 0.717) is 6.04 Å². The first-order valence-electron chi connectivity index (χ1n) is 8.14. The van der Waals surface area contributed by atoms with Gasteiger partial charge in [-0.3, -0.25) is 16.2 Å². The van der Waals surface area contributed by atoms with Crippen molar-refractivity contribution in [1.82, 2.24) is 15.2 Å². The van der Waals surface area contributed by atoms with Crippen molar-refractivity contribution in [3.8, 4) is 0 Å². The summed E-state index contributed by atoms with van der Waals surface area (Å²) < 4.78 is 0. The van der Waals surface area contributed by atoms with Crippen LogP contribution in [-0.4, -0.2) is 49.6 Å². The molecule has 21 heavy (non-hydrogen) atoms. The van der Waals surface area contributed by atoms with Gasteiger partial charge in [-0.05, 0) is 44.0 Å². The highest BCUT2D eigenvalue weighted by Gasteiger charge is 2.33. The van der Waals surface area contributed by atoms with Gasteiger partial charge in [-0.2, -0.15) is 0 Å². The number of hydrogen-bond acceptors (Lipinski definition) is 4. The van der Waals surface area contributed by atoms with E-state index in [1.54, 1.807) is 0 Å². The molecule has 2 aliphatic rings. The van der Waals surface area contributed by atoms with Crippen LogP contribution >= 0.6 is 0 Å². The van der Waals surface area contributed by atoms with Gasteiger partial charge >= 0.3 is 0 Å². The summed E-state index contributed by atoms with van der Waals surface area (Å²) in [6.07, 6.45) is 4.02. The monoisotopic (exact) mass is 288 g/mol. The Bertz CT molecular complexity index is 472. The highest BCUT2D eigenvalue weighted by molar-refractivity contribution is 5.35. The molecule has 1 aliphatic carbocycles. The van der Waals surface area contributed by atoms with Crippen LogP contribution in [0.2, 0.25) is 0 Å². The Morgan fingerprint density at radius 1 is 1.19 bits per heavy atom. The number of nitrogens with zero attached hydrogens (tertiary/aromatic N) is 2. The lowest BCUT2D eigenvalue weighted by Gasteiger charge is -2.43. The Labute approximate surface area is 128 Å². The Kier molecular flexibility index (Phi) is 4.60. The standard InChI is InChI=1S/C17H28N4/c1-20-10-11-21(2)16(12-20)17(19-18)15-9-4-3-8-14(15)13-6-5-7-13/h3-4,8-9,13,16-17,19H,5-7,10-12,18H2,1-2H3. The van der Waals surface area contributed by atoms with Crippen LogP contribution in [0.1, 0.15) is 42.3 Å². The van der Waals surface area contributed by atoms with Gasteiger partial charge in [-0.1, -0.05) is 30.7 Å². The number of piperazine rings is 1. The maximum absolute atomic E-state index is 5.98. The lowest BCUT2D eigenvalue weighted by molar-refractivity contribution is 0.0872. The van der Waals surface area contributed by atoms with Crippen LogP contribution in [0.25, 0.3) is 0 Å². The number of hydrogen-bond donors (Lipinski definition) is 2. The normalized spacial score (nSPS) is 26.5. The largest absolute Gasteiger partial charge is 0.303 e. The molecule has 1 heterocycles. The molecule has 4 heteroatoms. The third-order valence-corrected chi connectivity index (χ3v) is 5.34. The zero-order valence-corrected chi connectivity index (χ0v) is 13.3. The van der Waals surface area contributed by atoms with Crippen molar-refractivity contribution in [3.05, 3.63) is 35.4 Å². The fourth-order valence-corrected chi connectivity index (χ4v) is 3.70. The van der Waals surface area contributed by atoms with E-state index in [0.717, 1.165) is 25.6 Å². The van der Waals surface area contributed by atoms with Gasteiger partial charge in [0.05, 0.1) is 6.04 Å². The second-order valence-electron chi connectivity index (χ2n) is 6.71. The molecule has 0 bridgehead atoms. The predicted octanol–water partition coefficient (Wildman–Crippen LogP) is 1.70. The Morgan fingerprint density at radius 2 is 1.95 bits per heavy atom. The molecule has 2 unspecified atom stereocenters. The number of hydrazine groups is 1. The first kappa shape index (κ1) is 15.0. The smallest absolute Gasteiger partial charge is 0.0630 e. The van der Waals surface area contributed by atoms with Crippen molar-refractivity contribution in [2.45, 2.75) is 37.3 Å². The van der Waals surface area contributed by atoms with E-state index in [1.807, 2.05) is 0 Å². The zero-order valence-electron chi connectivity index (χ0n) is 13.3. The third kappa shape index (κ3) is 2.99. The van der Waals surface area contributed by atoms with Crippen LogP contribution in [0.3, 0.4) is 0 Å². The molecule has 0 aromatic heterocycles. The lowest BCUT2D eigenvalue weighted by Crippen LogP contribution is -2.56. The maximum atomic E-state index is 5.98. The summed E-state index contributed by atoms with van der Waals surface area (Å²) in [5, 5.41) is 0. The molecular weight excluding hydrogens is 260 g/mol. The van der Waals surface area contributed by atoms with Gasteiger partial charge in [0.15, 0.2) is 0 Å². The summed E-state index contributed by atoms with van der Waals surface area (Å²) in [5.74, 6) is 6.72. The molecule has 0 spiro atoms. The highest BCUT2D eigenvalue weighted by atomic mass is 15.3. The lowest BCUT2D eigenvalue weighted by atomic mass is 9.76. The molecule has 3 rings (SSSR count). The molecule has 2 fully saturated rings. The second kappa shape index (κ2) is 6.44. The first-order chi connectivity index (χ1) is 10.2. The third-order valence-electron chi connectivity index (χ3n) is 5.34. The van der Waals surface area contributed by atoms with Crippen molar-refractivity contribution in [3.63, 3.8) is 0 Å². The van der Waals surface area contributed by atoms with Crippen LogP contribution in [-0.2, 0) is 0 Å². The average Bonchev–Trinajstić information content (AvgIpc) is 2.43. The molecular formula is C17H28N4. The highest BCUT2D eigenvalue weighted by Crippen LogP contribution is 2.40. The molecule has 1 saturated carbocycles. The van der Waals surface area contributed by atoms with Gasteiger partial charge in [0.1, 0.15) is 0 Å². The molecule has 1 saturated heterocycles. The van der Waals surface area contributed by atoms with Crippen molar-refractivity contribution in [2.24, 2.45) is 5.84 Å². The van der Waals surface area contributed by atoms with Gasteiger partial charge < -0.3 is 4.90 Å². The van der Waals surface area contributed by atoms with Crippen molar-refractivity contribution < 1.29 is 0 Å². The van der Waals surface area contributed by atoms with E-state index < -0.39 is 0 Å². The minimum absolute atomic E-state index is 0.203. The summed E-state index contributed by atoms with van der Waals surface area (Å²) in [5.41, 5.74) is 6.02. The number of nitrogens with one attached hydrogen (secondary N) is 1. The number of benzene rings is 1. The van der Waals surface area contributed by atoms with E-state index >= 15 is 0 Å². The van der Waals surface area contributed by atoms with E-state index in [4.69, 9.17) is 5.84 Å². The van der Waals surface area contributed by atoms with Crippen LogP contribution < -0.4 is 11.3 Å². The van der Waals surface area contributed by atoms with Crippen molar-refractivity contribution in [2.75, 3.05) is 33.7 Å². The Hall–Kier alpha value is -0.940. The number of nitrogens with two attached hydrogens (primary N) is 1. The predicted molar refractivity (Wildman–Crippen MR) is 87.0 cm³/mol. The summed E-state index contributed by atoms with van der Waals surface area (Å²) in [4.78, 5) is 4.85. The van der Waals surface area contributed by atoms with E-state index in [-0.39, 0.29) is 6.04 Å². The van der Waals surface area contributed by atoms with Crippen LogP contribution in [0.15, 0.2) is 24.3 Å². The van der Waals surface area contributed by atoms with Gasteiger partial charge in [-0.15, -0.1) is 0 Å². The average molecular weight is 288 g/mol. The summed E-state index contributed by atoms with van der Waals surface area (Å²) >= 11 is 0. The van der Waals surface area contributed by atoms with Gasteiger partial charge in [-0.25, -0.2) is 0 Å². The minimum atomic E-state index is 0.203. The molecule has 116 valence electrons. The number of likely N-dealkylation sites (N-methyl/N-ethyl adjacent to an activating group) is 2. The summed E-state index contributed by atoms with van der Waals surface area (Å²) in [7, 11) is 4.42. The molecule has 4 nitrogen and oxygen atoms in total. The second-order valence-corrected chi connectivity index (χ2v) is 6.71. The summed E-state index contributed by atoms with van der Waals surface area (Å²) in [6, 6.07) is 9.51. The van der Waals surface area contributed by atoms with Crippen LogP contribution in [0.4, 0.5) is 0 Å². The van der Waals surface area contributed by atoms with E-state index in [1.165, 1.54) is 30.4 Å². The minimum Gasteiger partial charge on any atom is -0.303 e. The fourth-order valence-electron chi connectivity index (χ4n) is 3.70. The van der Waals surface area contributed by atoms with E-state index in [9.17, 15) is 0 Å². The van der Waals surface area contributed by atoms with Crippen LogP contribution in [0, 0.1) is 0 Å². The van der Waals surface area contributed by atoms with Crippen LogP contribution in [0.5, 0.6) is 0 Å². The molecule has 2 atom stereocenters. The molecule has 0 radical (unpaired) electrons. The Balaban J connectivity index is 1.88. The molecule has 1 aromatic carbocycles. The topological polar surface area (TPSA) is 44.5 Å². The quantitative estimate of drug-likeness (QED) is 0.654. The fraction of sp³-hybridized carbons (Fsp3) is 0.647.